The van der Waals surface area contributed by atoms with Crippen molar-refractivity contribution >= 4 is 158 Å². The van der Waals surface area contributed by atoms with Crippen LogP contribution in [0.5, 0.6) is 11.5 Å². The maximum absolute atomic E-state index is 6.46. The molecule has 0 atom stereocenters. The van der Waals surface area contributed by atoms with Gasteiger partial charge in [-0.25, -0.2) is 4.98 Å². The van der Waals surface area contributed by atoms with Crippen LogP contribution in [0.15, 0.2) is 426 Å². The number of hydrogen-bond donors (Lipinski definition) is 0. The third kappa shape index (κ3) is 12.9. The Labute approximate surface area is 738 Å². The van der Waals surface area contributed by atoms with E-state index in [1.54, 1.807) is 0 Å². The molecule has 0 radical (unpaired) electrons. The molecule has 0 bridgehead atoms. The van der Waals surface area contributed by atoms with Gasteiger partial charge in [0.2, 0.25) is 0 Å². The first-order chi connectivity index (χ1) is 63.5. The zero-order valence-corrected chi connectivity index (χ0v) is 69.3. The lowest BCUT2D eigenvalue weighted by atomic mass is 9.99. The Morgan fingerprint density at radius 1 is 0.250 bits per heavy atom. The van der Waals surface area contributed by atoms with Gasteiger partial charge < -0.3 is 23.7 Å². The summed E-state index contributed by atoms with van der Waals surface area (Å²) >= 11 is 0. The molecular weight excluding hydrogens is 1560 g/mol. The van der Waals surface area contributed by atoms with Gasteiger partial charge in [-0.2, -0.15) is 0 Å². The SMILES string of the molecule is C1=Cc2c(ccc3c2c2ccccc2n3-c2cc(-c3cccnc3)cc(-c3cccnc3)c2)N(c2ccccc2)c2ccccc21.C1=Cc2c(ccc3c4ccccc4n(-c4cccc(-c5cccc6ncccc56)c4)c23)Oc2ccccc21.C1=Cc2c(ccc3c4ccccc4n(-c4cncc(-c5ccccc5)n4)c23)N(c2ccc3ccccc3c2)c2ccccc21. The molecule has 128 heavy (non-hydrogen) atoms. The number of aromatic nitrogens is 8. The summed E-state index contributed by atoms with van der Waals surface area (Å²) in [4.78, 5) is 28.1. The average molecular weight is 1640 g/mol. The second-order valence-corrected chi connectivity index (χ2v) is 32.3. The smallest absolute Gasteiger partial charge is 0.156 e. The lowest BCUT2D eigenvalue weighted by molar-refractivity contribution is 0.482. The first kappa shape index (κ1) is 74.4. The molecule has 0 unspecified atom stereocenters. The quantitative estimate of drug-likeness (QED) is 0.141. The highest BCUT2D eigenvalue weighted by Crippen LogP contribution is 2.51. The predicted molar refractivity (Wildman–Crippen MR) is 531 cm³/mol. The maximum atomic E-state index is 6.46. The van der Waals surface area contributed by atoms with Gasteiger partial charge in [0.1, 0.15) is 11.5 Å². The van der Waals surface area contributed by atoms with Gasteiger partial charge in [0.15, 0.2) is 5.82 Å². The van der Waals surface area contributed by atoms with E-state index in [-0.39, 0.29) is 0 Å². The minimum atomic E-state index is 0.790. The number of ether oxygens (including phenoxy) is 1. The van der Waals surface area contributed by atoms with Crippen LogP contribution in [-0.4, -0.2) is 38.6 Å². The fraction of sp³-hybridized carbons (Fsp3) is 0. The first-order valence-corrected chi connectivity index (χ1v) is 43.1. The molecule has 16 aromatic carbocycles. The van der Waals surface area contributed by atoms with Crippen LogP contribution in [0.2, 0.25) is 0 Å². The van der Waals surface area contributed by atoms with E-state index < -0.39 is 0 Å². The second-order valence-electron chi connectivity index (χ2n) is 32.3. The molecule has 600 valence electrons. The average Bonchev–Trinajstić information content (AvgIpc) is 1.57. The summed E-state index contributed by atoms with van der Waals surface area (Å²) in [6.45, 7) is 0. The van der Waals surface area contributed by atoms with Crippen molar-refractivity contribution in [3.8, 4) is 73.3 Å². The van der Waals surface area contributed by atoms with Crippen LogP contribution in [0.1, 0.15) is 33.4 Å². The largest absolute Gasteiger partial charge is 0.456 e. The van der Waals surface area contributed by atoms with Gasteiger partial charge in [-0.05, 0) is 196 Å². The Kier molecular flexibility index (Phi) is 18.3. The van der Waals surface area contributed by atoms with Gasteiger partial charge in [-0.15, -0.1) is 0 Å². The summed E-state index contributed by atoms with van der Waals surface area (Å²) in [5, 5.41) is 10.8. The summed E-state index contributed by atoms with van der Waals surface area (Å²) in [6.07, 6.45) is 26.5. The Morgan fingerprint density at radius 2 is 0.797 bits per heavy atom. The number of para-hydroxylation sites is 7. The van der Waals surface area contributed by atoms with Crippen molar-refractivity contribution in [3.63, 3.8) is 0 Å². The van der Waals surface area contributed by atoms with E-state index >= 15 is 0 Å². The van der Waals surface area contributed by atoms with Crippen LogP contribution in [0.3, 0.4) is 0 Å². The number of rotatable bonds is 9. The highest BCUT2D eigenvalue weighted by molar-refractivity contribution is 6.19. The van der Waals surface area contributed by atoms with Gasteiger partial charge in [0.25, 0.3) is 0 Å². The molecule has 10 heterocycles. The van der Waals surface area contributed by atoms with Crippen molar-refractivity contribution < 1.29 is 4.74 Å². The molecule has 0 N–H and O–H groups in total. The molecule has 0 spiro atoms. The summed E-state index contributed by atoms with van der Waals surface area (Å²) in [7, 11) is 0. The van der Waals surface area contributed by atoms with E-state index in [1.807, 2.05) is 98.0 Å². The van der Waals surface area contributed by atoms with Crippen LogP contribution in [-0.2, 0) is 0 Å². The van der Waals surface area contributed by atoms with Gasteiger partial charge in [-0.3, -0.25) is 24.5 Å². The molecule has 0 amide bonds. The van der Waals surface area contributed by atoms with Gasteiger partial charge in [0, 0.05) is 130 Å². The van der Waals surface area contributed by atoms with Crippen molar-refractivity contribution in [1.82, 2.24) is 38.6 Å². The van der Waals surface area contributed by atoms with Crippen LogP contribution < -0.4 is 14.5 Å². The molecule has 3 aliphatic rings. The molecule has 11 nitrogen and oxygen atoms in total. The third-order valence-electron chi connectivity index (χ3n) is 25.0. The lowest BCUT2D eigenvalue weighted by Gasteiger charge is -2.28. The molecule has 0 saturated carbocycles. The minimum absolute atomic E-state index is 0.790. The maximum Gasteiger partial charge on any atom is 0.156 e. The number of hydrogen-bond acceptors (Lipinski definition) is 8. The normalized spacial score (nSPS) is 12.3. The number of benzene rings is 16. The monoisotopic (exact) mass is 1640 g/mol. The lowest BCUT2D eigenvalue weighted by Crippen LogP contribution is -2.12. The van der Waals surface area contributed by atoms with E-state index in [0.717, 1.165) is 157 Å². The first-order valence-electron chi connectivity index (χ1n) is 43.1. The number of pyridine rings is 3. The third-order valence-corrected chi connectivity index (χ3v) is 25.0. The van der Waals surface area contributed by atoms with Crippen molar-refractivity contribution in [2.24, 2.45) is 0 Å². The number of nitrogens with zero attached hydrogens (tertiary/aromatic N) is 10. The van der Waals surface area contributed by atoms with E-state index in [1.165, 1.54) is 70.9 Å². The molecular formula is C117H76N10O. The fourth-order valence-electron chi connectivity index (χ4n) is 19.2. The zero-order chi connectivity index (χ0) is 84.5. The molecule has 0 fully saturated rings. The molecule has 3 aliphatic heterocycles. The van der Waals surface area contributed by atoms with Crippen molar-refractivity contribution in [2.45, 2.75) is 0 Å². The molecule has 0 saturated heterocycles. The Morgan fingerprint density at radius 3 is 1.54 bits per heavy atom. The summed E-state index contributed by atoms with van der Waals surface area (Å²) in [6, 6.07) is 135. The van der Waals surface area contributed by atoms with Gasteiger partial charge in [0.05, 0.1) is 79.5 Å². The van der Waals surface area contributed by atoms with Crippen LogP contribution in [0.4, 0.5) is 34.1 Å². The van der Waals surface area contributed by atoms with Crippen LogP contribution in [0.25, 0.3) is 185 Å². The molecule has 7 aromatic heterocycles. The topological polar surface area (TPSA) is 95.0 Å². The zero-order valence-electron chi connectivity index (χ0n) is 69.3. The minimum Gasteiger partial charge on any atom is -0.456 e. The predicted octanol–water partition coefficient (Wildman–Crippen LogP) is 30.5. The van der Waals surface area contributed by atoms with E-state index in [9.17, 15) is 0 Å². The summed E-state index contributed by atoms with van der Waals surface area (Å²) in [5.74, 6) is 2.52. The molecule has 0 aliphatic carbocycles. The van der Waals surface area contributed by atoms with Gasteiger partial charge >= 0.3 is 0 Å². The standard InChI is InChI=1S/C42H28N4.C40H26N4.C35H22N2O/c1-2-13-34(14-3-1)45-38-16-6-4-10-29(38)18-19-37-40(45)20-21-41-42(37)36-15-5-7-17-39(36)46(41)35-25-32(30-11-8-22-43-27-30)24-33(26-35)31-12-9-23-44-28-31;1-2-11-28(12-3-1)35-25-41-26-39(42-35)44-37-17-9-7-15-32(37)33-22-23-38-34(40(33)44)21-19-29-13-6-8-16-36(29)43(38)31-20-18-27-10-4-5-14-30(27)24-31;1-4-16-33-23(8-1)17-18-30-34(38-33)20-19-29-28-11-2-3-15-32(28)37(35(29)30)25-10-5-9-24(22-25)26-12-6-14-31-27(26)13-7-21-36-31/h1-28H;1-26H;1-22H. The van der Waals surface area contributed by atoms with Gasteiger partial charge in [-0.1, -0.05) is 267 Å². The molecule has 23 aromatic rings. The second kappa shape index (κ2) is 31.5. The van der Waals surface area contributed by atoms with Crippen molar-refractivity contribution in [3.05, 3.63) is 459 Å². The van der Waals surface area contributed by atoms with E-state index in [4.69, 9.17) is 9.72 Å². The van der Waals surface area contributed by atoms with Crippen LogP contribution in [0, 0.1) is 0 Å². The summed E-state index contributed by atoms with van der Waals surface area (Å²) < 4.78 is 13.5. The van der Waals surface area contributed by atoms with Crippen molar-refractivity contribution in [1.29, 1.82) is 0 Å². The fourth-order valence-corrected chi connectivity index (χ4v) is 19.2. The van der Waals surface area contributed by atoms with Crippen LogP contribution >= 0.6 is 0 Å². The highest BCUT2D eigenvalue weighted by atomic mass is 16.5. The number of anilines is 6. The Balaban J connectivity index is 0.000000107. The molecule has 26 rings (SSSR count). The molecule has 11 heteroatoms. The Hall–Kier alpha value is -17.4. The number of fused-ring (bicyclic) bond motifs is 20. The Bertz CT molecular complexity index is 8380. The van der Waals surface area contributed by atoms with Crippen molar-refractivity contribution in [2.75, 3.05) is 9.80 Å². The highest BCUT2D eigenvalue weighted by Gasteiger charge is 2.29. The van der Waals surface area contributed by atoms with E-state index in [0.29, 0.717) is 0 Å². The summed E-state index contributed by atoms with van der Waals surface area (Å²) in [5.41, 5.74) is 32.3. The van der Waals surface area contributed by atoms with E-state index in [2.05, 4.69) is 407 Å².